The van der Waals surface area contributed by atoms with E-state index in [1.165, 1.54) is 180 Å². The molecular formula is C100H236. The van der Waals surface area contributed by atoms with E-state index in [1.54, 1.807) is 0 Å². The molecule has 636 valence electrons. The van der Waals surface area contributed by atoms with Crippen LogP contribution in [0.4, 0.5) is 0 Å². The minimum atomic E-state index is 0. The number of hydrogen-bond donors (Lipinski definition) is 0. The molecule has 100 heavy (non-hydrogen) atoms. The molecule has 0 heterocycles. The molecule has 3 atom stereocenters. The lowest BCUT2D eigenvalue weighted by atomic mass is 9.82. The first-order valence-corrected chi connectivity index (χ1v) is 45.1. The van der Waals surface area contributed by atoms with Crippen molar-refractivity contribution < 1.29 is 0 Å². The van der Waals surface area contributed by atoms with Gasteiger partial charge in [-0.1, -0.05) is 555 Å². The van der Waals surface area contributed by atoms with E-state index in [-0.39, 0.29) is 7.43 Å². The molecule has 0 N–H and O–H groups in total. The van der Waals surface area contributed by atoms with Crippen LogP contribution in [0.1, 0.15) is 568 Å². The second kappa shape index (κ2) is 115. The Balaban J connectivity index is -0.0000000449. The van der Waals surface area contributed by atoms with Gasteiger partial charge >= 0.3 is 0 Å². The van der Waals surface area contributed by atoms with Crippen molar-refractivity contribution in [1.82, 2.24) is 0 Å². The van der Waals surface area contributed by atoms with Gasteiger partial charge in [0.1, 0.15) is 0 Å². The number of hydrogen-bond acceptors (Lipinski definition) is 0. The third-order valence-corrected chi connectivity index (χ3v) is 19.1. The second-order valence-corrected chi connectivity index (χ2v) is 36.7. The summed E-state index contributed by atoms with van der Waals surface area (Å²) in [5.41, 5.74) is 2.88. The molecular weight excluding hydrogens is 1200 g/mol. The largest absolute Gasteiger partial charge is 0.0776 e. The summed E-state index contributed by atoms with van der Waals surface area (Å²) in [6, 6.07) is 0. The first-order chi connectivity index (χ1) is 45.1. The van der Waals surface area contributed by atoms with Gasteiger partial charge < -0.3 is 0 Å². The molecule has 0 aliphatic carbocycles. The number of rotatable bonds is 27. The molecule has 0 bridgehead atoms. The zero-order chi connectivity index (χ0) is 83.6. The zero-order valence-corrected chi connectivity index (χ0v) is 83.6. The maximum atomic E-state index is 2.35. The van der Waals surface area contributed by atoms with E-state index in [1.807, 2.05) is 0 Å². The average molecular weight is 1440 g/mol. The van der Waals surface area contributed by atoms with E-state index in [0.29, 0.717) is 27.1 Å². The standard InChI is InChI=1S/4C8H18.2C7H16.3C6H14.4C5H12.3C4H10.C3H8.CH4/c1-5-8(4)6-7(2)3;1-5-7-8(3,4)6-2;1-5-8(4,6-2)7-3;1-5-7(3)8(4)6-2;2*1-5-7(3,4)6-2;3*1-4-6(3)5-2;1-5(2,3)4;2*1-4-5(2)3;1-3-5-4-2;2*1-4(2)3;1-3-4-2;1-3-2;/h7-8H,5-6H2,1-4H3;2*5-7H2,1-4H3;7-8H,5-6H2,1-4H3;2*5-6H2,1-4H3;3*6H,4-5H2,1-3H3;1-4H3;2*5H,4H2,1-3H3;3-5H2,1-2H3;2*4H,1-3H3;3-4H2,1-2H3;3H2,1-2H3;1H4. The fraction of sp³-hybridized carbons (Fsp3) is 1.00. The molecule has 0 spiro atoms. The first-order valence-electron chi connectivity index (χ1n) is 45.1. The van der Waals surface area contributed by atoms with Crippen LogP contribution >= 0.6 is 0 Å². The van der Waals surface area contributed by atoms with Gasteiger partial charge in [-0.25, -0.2) is 0 Å². The van der Waals surface area contributed by atoms with Gasteiger partial charge in [0.25, 0.3) is 0 Å². The normalized spacial score (nSPS) is 11.2. The van der Waals surface area contributed by atoms with E-state index >= 15 is 0 Å². The Hall–Kier alpha value is 0. The second-order valence-electron chi connectivity index (χ2n) is 36.7. The summed E-state index contributed by atoms with van der Waals surface area (Å²) in [6.07, 6.45) is 37.1. The van der Waals surface area contributed by atoms with Crippen molar-refractivity contribution in [3.05, 3.63) is 0 Å². The van der Waals surface area contributed by atoms with Crippen LogP contribution in [0.25, 0.3) is 0 Å². The highest BCUT2D eigenvalue weighted by Gasteiger charge is 2.15. The SMILES string of the molecule is C.CC(C)(C)C.CC(C)C.CC(C)C.CCC.CCC(C)(C)CC.CCC(C)(C)CC.CCC(C)(CC)CC.CCC(C)C.CCC(C)C.CCC(C)C(C)CC.CCC(C)CC.CCC(C)CC.CCC(C)CC.CCC(C)CC(C)C.CCCC.CCCC(C)(C)CC.CCCCC. The van der Waals surface area contributed by atoms with Crippen LogP contribution in [-0.2, 0) is 0 Å². The van der Waals surface area contributed by atoms with Crippen LogP contribution < -0.4 is 0 Å². The van der Waals surface area contributed by atoms with E-state index < -0.39 is 0 Å². The van der Waals surface area contributed by atoms with Crippen molar-refractivity contribution in [3.8, 4) is 0 Å². The summed E-state index contributed by atoms with van der Waals surface area (Å²) < 4.78 is 0. The Labute approximate surface area is 656 Å². The number of unbranched alkanes of at least 4 members (excludes halogenated alkanes) is 3. The average Bonchev–Trinajstić information content (AvgIpc) is 1.19. The fourth-order valence-corrected chi connectivity index (χ4v) is 5.10. The van der Waals surface area contributed by atoms with Gasteiger partial charge in [-0.15, -0.1) is 0 Å². The molecule has 0 nitrogen and oxygen atoms in total. The van der Waals surface area contributed by atoms with E-state index in [4.69, 9.17) is 0 Å². The van der Waals surface area contributed by atoms with Gasteiger partial charge in [-0.2, -0.15) is 0 Å². The van der Waals surface area contributed by atoms with Crippen LogP contribution in [-0.4, -0.2) is 0 Å². The summed E-state index contributed by atoms with van der Waals surface area (Å²) in [7, 11) is 0. The quantitative estimate of drug-likeness (QED) is 0.0769. The van der Waals surface area contributed by atoms with Crippen LogP contribution in [0.5, 0.6) is 0 Å². The predicted octanol–water partition coefficient (Wildman–Crippen LogP) is 41.1. The summed E-state index contributed by atoms with van der Waals surface area (Å²) in [5.74, 6) is 9.88. The Morgan fingerprint density at radius 3 is 0.430 bits per heavy atom. The monoisotopic (exact) mass is 1440 g/mol. The molecule has 3 unspecified atom stereocenters. The van der Waals surface area contributed by atoms with Crippen molar-refractivity contribution >= 4 is 0 Å². The Bertz CT molecular complexity index is 1040. The molecule has 0 heteroatoms. The Morgan fingerprint density at radius 1 is 0.220 bits per heavy atom. The van der Waals surface area contributed by atoms with Gasteiger partial charge in [0.05, 0.1) is 0 Å². The molecule has 0 aliphatic rings. The molecule has 0 rings (SSSR count). The lowest BCUT2D eigenvalue weighted by Crippen LogP contribution is -2.10. The summed E-state index contributed by atoms with van der Waals surface area (Å²) in [5, 5.41) is 0. The summed E-state index contributed by atoms with van der Waals surface area (Å²) in [6.45, 7) is 123. The predicted molar refractivity (Wildman–Crippen MR) is 499 cm³/mol. The molecule has 0 aromatic heterocycles. The van der Waals surface area contributed by atoms with Crippen LogP contribution in [0, 0.1) is 92.2 Å². The molecule has 0 fully saturated rings. The van der Waals surface area contributed by atoms with Gasteiger partial charge in [-0.05, 0) is 105 Å². The molecule has 0 aromatic rings. The smallest absolute Gasteiger partial charge is 0.0334 e. The molecule has 0 saturated heterocycles. The highest BCUT2D eigenvalue weighted by molar-refractivity contribution is 4.68. The minimum absolute atomic E-state index is 0. The zero-order valence-electron chi connectivity index (χ0n) is 83.6. The maximum absolute atomic E-state index is 2.35. The Morgan fingerprint density at radius 2 is 0.400 bits per heavy atom. The van der Waals surface area contributed by atoms with Crippen molar-refractivity contribution in [2.75, 3.05) is 0 Å². The molecule has 0 radical (unpaired) electrons. The van der Waals surface area contributed by atoms with Gasteiger partial charge in [0, 0.05) is 0 Å². The lowest BCUT2D eigenvalue weighted by molar-refractivity contribution is 0.286. The van der Waals surface area contributed by atoms with Crippen LogP contribution in [0.15, 0.2) is 0 Å². The molecule has 0 aromatic carbocycles. The highest BCUT2D eigenvalue weighted by atomic mass is 14.2. The van der Waals surface area contributed by atoms with Gasteiger partial charge in [0.15, 0.2) is 0 Å². The van der Waals surface area contributed by atoms with Crippen molar-refractivity contribution in [2.45, 2.75) is 568 Å². The molecule has 0 amide bonds. The fourth-order valence-electron chi connectivity index (χ4n) is 5.10. The van der Waals surface area contributed by atoms with Gasteiger partial charge in [0.2, 0.25) is 0 Å². The van der Waals surface area contributed by atoms with E-state index in [9.17, 15) is 0 Å². The molecule has 0 aliphatic heterocycles. The van der Waals surface area contributed by atoms with Crippen LogP contribution in [0.3, 0.4) is 0 Å². The Kier molecular flexibility index (Phi) is 167. The summed E-state index contributed by atoms with van der Waals surface area (Å²) in [4.78, 5) is 0. The topological polar surface area (TPSA) is 0 Å². The third-order valence-electron chi connectivity index (χ3n) is 19.1. The molecule has 0 saturated carbocycles. The van der Waals surface area contributed by atoms with E-state index in [0.717, 1.165) is 65.1 Å². The minimum Gasteiger partial charge on any atom is -0.0776 e. The highest BCUT2D eigenvalue weighted by Crippen LogP contribution is 2.29. The maximum Gasteiger partial charge on any atom is -0.0334 e. The van der Waals surface area contributed by atoms with Crippen molar-refractivity contribution in [1.29, 1.82) is 0 Å². The van der Waals surface area contributed by atoms with E-state index in [2.05, 4.69) is 381 Å². The third kappa shape index (κ3) is 248. The summed E-state index contributed by atoms with van der Waals surface area (Å²) >= 11 is 0. The first kappa shape index (κ1) is 146. The van der Waals surface area contributed by atoms with Crippen molar-refractivity contribution in [3.63, 3.8) is 0 Å². The van der Waals surface area contributed by atoms with Crippen molar-refractivity contribution in [2.24, 2.45) is 92.2 Å². The van der Waals surface area contributed by atoms with Crippen LogP contribution in [0.2, 0.25) is 0 Å². The van der Waals surface area contributed by atoms with Gasteiger partial charge in [-0.3, -0.25) is 0 Å². The lowest BCUT2D eigenvalue weighted by Gasteiger charge is -2.23.